The van der Waals surface area contributed by atoms with Crippen molar-refractivity contribution in [3.63, 3.8) is 0 Å². The number of likely N-dealkylation sites (tertiary alicyclic amines) is 1. The number of sulfonamides is 1. The van der Waals surface area contributed by atoms with Crippen LogP contribution in [0.3, 0.4) is 0 Å². The standard InChI is InChI=1S/C24H38N6O5S/c1-15-9-11-30(18(12-15)22(32)33)21(31)17(7-5-10-27-23(25)26)29-36(34,35)19-8-4-6-16-13-24(2,3)14-28-20(16)19/h4,6,8,15,17-18,28-29H,5,7,9-14H2,1-3H3,(H,32,33)(H4,25,26,27)/t15-,17+,18-/m1/s1. The number of para-hydroxylation sites is 1. The molecule has 1 aromatic carbocycles. The predicted octanol–water partition coefficient (Wildman–Crippen LogP) is 1.30. The first-order chi connectivity index (χ1) is 16.8. The van der Waals surface area contributed by atoms with Crippen molar-refractivity contribution in [2.45, 2.75) is 69.9 Å². The average Bonchev–Trinajstić information content (AvgIpc) is 2.79. The molecule has 1 saturated heterocycles. The lowest BCUT2D eigenvalue weighted by Crippen LogP contribution is -2.56. The van der Waals surface area contributed by atoms with E-state index in [1.54, 1.807) is 6.07 Å². The zero-order valence-electron chi connectivity index (χ0n) is 21.1. The molecule has 11 nitrogen and oxygen atoms in total. The molecule has 7 N–H and O–H groups in total. The zero-order valence-corrected chi connectivity index (χ0v) is 22.0. The lowest BCUT2D eigenvalue weighted by Gasteiger charge is -2.38. The third kappa shape index (κ3) is 6.67. The van der Waals surface area contributed by atoms with Crippen LogP contribution in [0.2, 0.25) is 0 Å². The van der Waals surface area contributed by atoms with E-state index in [0.717, 1.165) is 5.56 Å². The van der Waals surface area contributed by atoms with E-state index in [2.05, 4.69) is 29.2 Å². The van der Waals surface area contributed by atoms with E-state index in [0.29, 0.717) is 37.9 Å². The Kier molecular flexibility index (Phi) is 8.50. The number of carboxylic acids is 1. The molecule has 0 bridgehead atoms. The maximum absolute atomic E-state index is 13.6. The van der Waals surface area contributed by atoms with Crippen LogP contribution >= 0.6 is 0 Å². The molecule has 3 rings (SSSR count). The Labute approximate surface area is 212 Å². The second-order valence-electron chi connectivity index (χ2n) is 10.7. The molecule has 0 aliphatic carbocycles. The quantitative estimate of drug-likeness (QED) is 0.160. The molecule has 1 fully saturated rings. The second kappa shape index (κ2) is 11.0. The molecule has 200 valence electrons. The fraction of sp³-hybridized carbons (Fsp3) is 0.625. The number of nitrogens with zero attached hydrogens (tertiary/aromatic N) is 1. The summed E-state index contributed by atoms with van der Waals surface area (Å²) in [5.41, 5.74) is 6.72. The molecule has 2 aliphatic heterocycles. The predicted molar refractivity (Wildman–Crippen MR) is 137 cm³/mol. The summed E-state index contributed by atoms with van der Waals surface area (Å²) in [5.74, 6) is -1.73. The maximum Gasteiger partial charge on any atom is 0.326 e. The monoisotopic (exact) mass is 522 g/mol. The fourth-order valence-electron chi connectivity index (χ4n) is 4.91. The Hall–Kier alpha value is -2.86. The summed E-state index contributed by atoms with van der Waals surface area (Å²) in [6, 6.07) is 2.93. The molecule has 3 atom stereocenters. The summed E-state index contributed by atoms with van der Waals surface area (Å²) >= 11 is 0. The van der Waals surface area contributed by atoms with Gasteiger partial charge in [0.2, 0.25) is 15.9 Å². The van der Waals surface area contributed by atoms with Crippen LogP contribution in [0, 0.1) is 16.7 Å². The summed E-state index contributed by atoms with van der Waals surface area (Å²) in [6.07, 6.45) is 2.14. The van der Waals surface area contributed by atoms with Gasteiger partial charge in [-0.25, -0.2) is 13.2 Å². The van der Waals surface area contributed by atoms with Gasteiger partial charge in [-0.15, -0.1) is 0 Å². The van der Waals surface area contributed by atoms with Crippen molar-refractivity contribution in [1.29, 1.82) is 5.41 Å². The van der Waals surface area contributed by atoms with Crippen molar-refractivity contribution in [3.05, 3.63) is 23.8 Å². The van der Waals surface area contributed by atoms with Crippen molar-refractivity contribution in [2.75, 3.05) is 25.0 Å². The van der Waals surface area contributed by atoms with Crippen LogP contribution < -0.4 is 21.1 Å². The van der Waals surface area contributed by atoms with Crippen molar-refractivity contribution in [3.8, 4) is 0 Å². The number of guanidine groups is 1. The smallest absolute Gasteiger partial charge is 0.326 e. The number of nitrogens with one attached hydrogen (secondary N) is 4. The molecule has 0 unspecified atom stereocenters. The Morgan fingerprint density at radius 2 is 2.08 bits per heavy atom. The maximum atomic E-state index is 13.6. The second-order valence-corrected chi connectivity index (χ2v) is 12.3. The third-order valence-electron chi connectivity index (χ3n) is 6.83. The largest absolute Gasteiger partial charge is 0.480 e. The molecular formula is C24H38N6O5S. The zero-order chi connectivity index (χ0) is 26.7. The fourth-order valence-corrected chi connectivity index (χ4v) is 6.36. The summed E-state index contributed by atoms with van der Waals surface area (Å²) in [4.78, 5) is 26.8. The van der Waals surface area contributed by atoms with Gasteiger partial charge in [-0.05, 0) is 55.1 Å². The van der Waals surface area contributed by atoms with Gasteiger partial charge in [-0.2, -0.15) is 4.72 Å². The molecule has 0 spiro atoms. The number of anilines is 1. The molecule has 12 heteroatoms. The number of amides is 1. The van der Waals surface area contributed by atoms with Crippen molar-refractivity contribution >= 4 is 33.5 Å². The van der Waals surface area contributed by atoms with E-state index in [9.17, 15) is 23.1 Å². The highest BCUT2D eigenvalue weighted by atomic mass is 32.2. The number of carbonyl (C=O) groups excluding carboxylic acids is 1. The van der Waals surface area contributed by atoms with Gasteiger partial charge in [-0.3, -0.25) is 10.2 Å². The third-order valence-corrected chi connectivity index (χ3v) is 8.34. The molecule has 0 radical (unpaired) electrons. The van der Waals surface area contributed by atoms with Crippen LogP contribution in [0.25, 0.3) is 0 Å². The highest BCUT2D eigenvalue weighted by Gasteiger charge is 2.39. The number of carbonyl (C=O) groups is 2. The molecule has 0 saturated carbocycles. The molecule has 36 heavy (non-hydrogen) atoms. The first-order valence-electron chi connectivity index (χ1n) is 12.3. The molecule has 1 aromatic rings. The summed E-state index contributed by atoms with van der Waals surface area (Å²) in [7, 11) is -4.12. The van der Waals surface area contributed by atoms with E-state index in [-0.39, 0.29) is 41.7 Å². The van der Waals surface area contributed by atoms with Crippen LogP contribution in [0.15, 0.2) is 23.1 Å². The molecule has 0 aromatic heterocycles. The highest BCUT2D eigenvalue weighted by Crippen LogP contribution is 2.36. The van der Waals surface area contributed by atoms with Crippen molar-refractivity contribution in [1.82, 2.24) is 14.9 Å². The number of fused-ring (bicyclic) bond motifs is 1. The highest BCUT2D eigenvalue weighted by molar-refractivity contribution is 7.89. The van der Waals surface area contributed by atoms with E-state index in [1.165, 1.54) is 11.0 Å². The van der Waals surface area contributed by atoms with Crippen molar-refractivity contribution < 1.29 is 23.1 Å². The minimum atomic E-state index is -4.12. The van der Waals surface area contributed by atoms with Crippen LogP contribution in [0.1, 0.15) is 52.0 Å². The normalized spacial score (nSPS) is 22.1. The molecule has 1 amide bonds. The van der Waals surface area contributed by atoms with Crippen LogP contribution in [-0.4, -0.2) is 68.0 Å². The lowest BCUT2D eigenvalue weighted by atomic mass is 9.82. The number of aliphatic carboxylic acids is 1. The average molecular weight is 523 g/mol. The topological polar surface area (TPSA) is 178 Å². The van der Waals surface area contributed by atoms with Gasteiger partial charge in [0.25, 0.3) is 0 Å². The first-order valence-corrected chi connectivity index (χ1v) is 13.8. The summed E-state index contributed by atoms with van der Waals surface area (Å²) in [6.45, 7) is 7.28. The Bertz CT molecular complexity index is 1110. The minimum Gasteiger partial charge on any atom is -0.480 e. The number of hydrogen-bond donors (Lipinski definition) is 6. The van der Waals surface area contributed by atoms with Crippen molar-refractivity contribution in [2.24, 2.45) is 17.1 Å². The van der Waals surface area contributed by atoms with Crippen LogP contribution in [0.4, 0.5) is 5.69 Å². The lowest BCUT2D eigenvalue weighted by molar-refractivity contribution is -0.153. The number of carboxylic acid groups (broad SMARTS) is 1. The first kappa shape index (κ1) is 27.7. The molecule has 2 heterocycles. The Morgan fingerprint density at radius 1 is 1.36 bits per heavy atom. The number of hydrogen-bond acceptors (Lipinski definition) is 6. The van der Waals surface area contributed by atoms with Gasteiger partial charge < -0.3 is 26.4 Å². The number of benzene rings is 1. The van der Waals surface area contributed by atoms with Crippen LogP contribution in [-0.2, 0) is 26.0 Å². The van der Waals surface area contributed by atoms with Gasteiger partial charge in [0, 0.05) is 19.6 Å². The van der Waals surface area contributed by atoms with E-state index >= 15 is 0 Å². The van der Waals surface area contributed by atoms with Crippen LogP contribution in [0.5, 0.6) is 0 Å². The molecule has 2 aliphatic rings. The molecular weight excluding hydrogens is 484 g/mol. The van der Waals surface area contributed by atoms with E-state index < -0.39 is 34.0 Å². The number of rotatable bonds is 9. The Morgan fingerprint density at radius 3 is 2.75 bits per heavy atom. The van der Waals surface area contributed by atoms with Gasteiger partial charge in [0.1, 0.15) is 17.0 Å². The number of nitrogens with two attached hydrogens (primary N) is 1. The Balaban J connectivity index is 1.88. The summed E-state index contributed by atoms with van der Waals surface area (Å²) in [5, 5.41) is 22.9. The SMILES string of the molecule is C[C@@H]1CCN(C(=O)[C@H](CCCNC(=N)N)NS(=O)(=O)c2cccc3c2NCC(C)(C)C3)[C@@H](C(=O)O)C1. The minimum absolute atomic E-state index is 0.0255. The van der Waals surface area contributed by atoms with Gasteiger partial charge >= 0.3 is 5.97 Å². The van der Waals surface area contributed by atoms with Gasteiger partial charge in [0.15, 0.2) is 5.96 Å². The van der Waals surface area contributed by atoms with E-state index in [4.69, 9.17) is 11.1 Å². The number of piperidine rings is 1. The van der Waals surface area contributed by atoms with E-state index in [1.807, 2.05) is 13.0 Å². The van der Waals surface area contributed by atoms with Gasteiger partial charge in [-0.1, -0.05) is 32.9 Å². The van der Waals surface area contributed by atoms with Gasteiger partial charge in [0.05, 0.1) is 5.69 Å². The summed E-state index contributed by atoms with van der Waals surface area (Å²) < 4.78 is 29.7.